The third kappa shape index (κ3) is 2.26. The van der Waals surface area contributed by atoms with Crippen molar-refractivity contribution in [3.8, 4) is 0 Å². The summed E-state index contributed by atoms with van der Waals surface area (Å²) in [5.74, 6) is -2.68. The van der Waals surface area contributed by atoms with Gasteiger partial charge in [0.25, 0.3) is 5.69 Å². The quantitative estimate of drug-likeness (QED) is 0.575. The maximum atomic E-state index is 13.0. The number of carboxylic acid groups (broad SMARTS) is 1. The highest BCUT2D eigenvalue weighted by atomic mass is 19.1. The maximum Gasteiger partial charge on any atom is 0.337 e. The smallest absolute Gasteiger partial charge is 0.337 e. The maximum absolute atomic E-state index is 13.0. The first-order valence-electron chi connectivity index (χ1n) is 3.78. The number of aliphatic carboxylic acids is 1. The normalized spacial score (nSPS) is 12.1. The van der Waals surface area contributed by atoms with Crippen molar-refractivity contribution >= 4 is 11.7 Å². The molecule has 15 heavy (non-hydrogen) atoms. The van der Waals surface area contributed by atoms with E-state index in [2.05, 4.69) is 0 Å². The first kappa shape index (κ1) is 11.1. The number of rotatable bonds is 3. The standard InChI is InChI=1S/C8H6FNO5/c9-6-2-1-4(10(14)15)3-5(6)7(11)8(12)13/h1-3,7,11H,(H,12,13)/t7-/m0/s1. The van der Waals surface area contributed by atoms with Gasteiger partial charge >= 0.3 is 5.97 Å². The molecule has 0 aliphatic carbocycles. The van der Waals surface area contributed by atoms with E-state index in [1.165, 1.54) is 0 Å². The molecule has 0 radical (unpaired) electrons. The lowest BCUT2D eigenvalue weighted by atomic mass is 10.1. The molecule has 1 rings (SSSR count). The summed E-state index contributed by atoms with van der Waals surface area (Å²) in [5.41, 5.74) is -1.11. The molecule has 2 N–H and O–H groups in total. The number of non-ortho nitro benzene ring substituents is 1. The van der Waals surface area contributed by atoms with Gasteiger partial charge in [0, 0.05) is 17.7 Å². The zero-order valence-electron chi connectivity index (χ0n) is 7.25. The molecule has 0 saturated heterocycles. The minimum Gasteiger partial charge on any atom is -0.479 e. The topological polar surface area (TPSA) is 101 Å². The van der Waals surface area contributed by atoms with Crippen molar-refractivity contribution in [3.63, 3.8) is 0 Å². The Morgan fingerprint density at radius 2 is 2.13 bits per heavy atom. The summed E-state index contributed by atoms with van der Waals surface area (Å²) in [5, 5.41) is 27.7. The molecule has 80 valence electrons. The van der Waals surface area contributed by atoms with Crippen LogP contribution in [0.15, 0.2) is 18.2 Å². The van der Waals surface area contributed by atoms with Crippen molar-refractivity contribution in [2.75, 3.05) is 0 Å². The van der Waals surface area contributed by atoms with Gasteiger partial charge in [-0.1, -0.05) is 0 Å². The average molecular weight is 215 g/mol. The van der Waals surface area contributed by atoms with Gasteiger partial charge in [0.15, 0.2) is 6.10 Å². The van der Waals surface area contributed by atoms with Gasteiger partial charge in [0.05, 0.1) is 4.92 Å². The van der Waals surface area contributed by atoms with Gasteiger partial charge in [-0.2, -0.15) is 0 Å². The number of hydrogen-bond acceptors (Lipinski definition) is 4. The van der Waals surface area contributed by atoms with Crippen LogP contribution in [-0.4, -0.2) is 21.1 Å². The summed E-state index contributed by atoms with van der Waals surface area (Å²) in [6, 6.07) is 2.31. The van der Waals surface area contributed by atoms with Gasteiger partial charge in [-0.15, -0.1) is 0 Å². The second-order valence-corrected chi connectivity index (χ2v) is 2.70. The average Bonchev–Trinajstić information content (AvgIpc) is 2.16. The zero-order chi connectivity index (χ0) is 11.6. The zero-order valence-corrected chi connectivity index (χ0v) is 7.25. The van der Waals surface area contributed by atoms with Crippen molar-refractivity contribution in [1.29, 1.82) is 0 Å². The SMILES string of the molecule is O=C(O)[C@@H](O)c1cc([N+](=O)[O-])ccc1F. The number of benzene rings is 1. The Kier molecular flexibility index (Phi) is 2.96. The minimum absolute atomic E-state index is 0.480. The molecule has 6 nitrogen and oxygen atoms in total. The molecule has 1 aromatic rings. The first-order valence-corrected chi connectivity index (χ1v) is 3.78. The van der Waals surface area contributed by atoms with E-state index < -0.39 is 34.1 Å². The number of carboxylic acids is 1. The van der Waals surface area contributed by atoms with Gasteiger partial charge in [0.1, 0.15) is 5.82 Å². The number of hydrogen-bond donors (Lipinski definition) is 2. The molecule has 0 spiro atoms. The molecule has 0 saturated carbocycles. The highest BCUT2D eigenvalue weighted by molar-refractivity contribution is 5.74. The fourth-order valence-electron chi connectivity index (χ4n) is 0.987. The van der Waals surface area contributed by atoms with E-state index >= 15 is 0 Å². The minimum atomic E-state index is -2.11. The fraction of sp³-hybridized carbons (Fsp3) is 0.125. The van der Waals surface area contributed by atoms with Gasteiger partial charge in [0.2, 0.25) is 0 Å². The Balaban J connectivity index is 3.22. The van der Waals surface area contributed by atoms with Crippen LogP contribution in [0.2, 0.25) is 0 Å². The second-order valence-electron chi connectivity index (χ2n) is 2.70. The summed E-state index contributed by atoms with van der Waals surface area (Å²) in [6.45, 7) is 0. The highest BCUT2D eigenvalue weighted by Crippen LogP contribution is 2.22. The lowest BCUT2D eigenvalue weighted by molar-refractivity contribution is -0.385. The van der Waals surface area contributed by atoms with Crippen LogP contribution in [0.25, 0.3) is 0 Å². The van der Waals surface area contributed by atoms with Crippen LogP contribution in [0.5, 0.6) is 0 Å². The van der Waals surface area contributed by atoms with Gasteiger partial charge in [-0.25, -0.2) is 9.18 Å². The largest absolute Gasteiger partial charge is 0.479 e. The van der Waals surface area contributed by atoms with Crippen molar-refractivity contribution in [2.24, 2.45) is 0 Å². The molecule has 0 aromatic heterocycles. The molecule has 1 aromatic carbocycles. The van der Waals surface area contributed by atoms with E-state index in [9.17, 15) is 19.3 Å². The van der Waals surface area contributed by atoms with Gasteiger partial charge < -0.3 is 10.2 Å². The summed E-state index contributed by atoms with van der Waals surface area (Å²) in [4.78, 5) is 19.8. The third-order valence-corrected chi connectivity index (χ3v) is 1.72. The number of nitrogens with zero attached hydrogens (tertiary/aromatic N) is 1. The Bertz CT molecular complexity index is 419. The van der Waals surface area contributed by atoms with E-state index in [1.54, 1.807) is 0 Å². The van der Waals surface area contributed by atoms with Crippen molar-refractivity contribution in [3.05, 3.63) is 39.7 Å². The van der Waals surface area contributed by atoms with E-state index in [-0.39, 0.29) is 0 Å². The number of nitro groups is 1. The summed E-state index contributed by atoms with van der Waals surface area (Å²) < 4.78 is 13.0. The van der Waals surface area contributed by atoms with Crippen molar-refractivity contribution in [1.82, 2.24) is 0 Å². The first-order chi connectivity index (χ1) is 6.93. The molecule has 0 aliphatic heterocycles. The Hall–Kier alpha value is -2.02. The molecular weight excluding hydrogens is 209 g/mol. The van der Waals surface area contributed by atoms with Gasteiger partial charge in [-0.05, 0) is 6.07 Å². The van der Waals surface area contributed by atoms with Crippen LogP contribution in [0.3, 0.4) is 0 Å². The van der Waals surface area contributed by atoms with E-state index in [1.807, 2.05) is 0 Å². The molecule has 7 heteroatoms. The Morgan fingerprint density at radius 3 is 2.60 bits per heavy atom. The van der Waals surface area contributed by atoms with Crippen LogP contribution < -0.4 is 0 Å². The molecule has 0 bridgehead atoms. The van der Waals surface area contributed by atoms with Crippen LogP contribution >= 0.6 is 0 Å². The van der Waals surface area contributed by atoms with E-state index in [4.69, 9.17) is 10.2 Å². The molecule has 0 fully saturated rings. The predicted octanol–water partition coefficient (Wildman–Crippen LogP) is 0.852. The number of aliphatic hydroxyl groups excluding tert-OH is 1. The van der Waals surface area contributed by atoms with Crippen LogP contribution in [0, 0.1) is 15.9 Å². The van der Waals surface area contributed by atoms with Crippen LogP contribution in [-0.2, 0) is 4.79 Å². The number of aliphatic hydroxyl groups is 1. The Morgan fingerprint density at radius 1 is 1.53 bits per heavy atom. The second kappa shape index (κ2) is 4.01. The molecule has 0 unspecified atom stereocenters. The number of carbonyl (C=O) groups is 1. The number of halogens is 1. The predicted molar refractivity (Wildman–Crippen MR) is 45.7 cm³/mol. The highest BCUT2D eigenvalue weighted by Gasteiger charge is 2.22. The van der Waals surface area contributed by atoms with Crippen molar-refractivity contribution < 1.29 is 24.3 Å². The lowest BCUT2D eigenvalue weighted by Gasteiger charge is -2.06. The van der Waals surface area contributed by atoms with E-state index in [0.29, 0.717) is 6.07 Å². The third-order valence-electron chi connectivity index (χ3n) is 1.72. The Labute approximate surface area is 82.7 Å². The summed E-state index contributed by atoms with van der Waals surface area (Å²) in [6.07, 6.45) is -2.11. The van der Waals surface area contributed by atoms with Crippen LogP contribution in [0.1, 0.15) is 11.7 Å². The monoisotopic (exact) mass is 215 g/mol. The molecule has 0 aliphatic rings. The van der Waals surface area contributed by atoms with Crippen molar-refractivity contribution in [2.45, 2.75) is 6.10 Å². The van der Waals surface area contributed by atoms with Crippen LogP contribution in [0.4, 0.5) is 10.1 Å². The molecule has 0 amide bonds. The molecule has 0 heterocycles. The summed E-state index contributed by atoms with van der Waals surface area (Å²) >= 11 is 0. The fourth-order valence-corrected chi connectivity index (χ4v) is 0.987. The lowest BCUT2D eigenvalue weighted by Crippen LogP contribution is -2.12. The van der Waals surface area contributed by atoms with E-state index in [0.717, 1.165) is 12.1 Å². The number of nitro benzene ring substituents is 1. The molecular formula is C8H6FNO5. The summed E-state index contributed by atoms with van der Waals surface area (Å²) in [7, 11) is 0. The van der Waals surface area contributed by atoms with Gasteiger partial charge in [-0.3, -0.25) is 10.1 Å². The molecule has 1 atom stereocenters.